The van der Waals surface area contributed by atoms with Crippen LogP contribution in [0, 0.1) is 6.92 Å². The van der Waals surface area contributed by atoms with Gasteiger partial charge < -0.3 is 15.6 Å². The van der Waals surface area contributed by atoms with Gasteiger partial charge >= 0.3 is 6.03 Å². The average molecular weight is 322 g/mol. The number of rotatable bonds is 5. The van der Waals surface area contributed by atoms with Crippen LogP contribution in [0.3, 0.4) is 0 Å². The van der Waals surface area contributed by atoms with Crippen molar-refractivity contribution in [1.82, 2.24) is 9.97 Å². The molecule has 1 aromatic carbocycles. The topological polar surface area (TPSA) is 69.8 Å². The fraction of sp³-hybridized carbons (Fsp3) is 0.263. The molecule has 124 valence electrons. The SMILES string of the molecule is CCCCc1ccc(NC(=O)Nc2c[nH]c3ncc(C)cc23)cc1. The molecule has 0 fully saturated rings. The summed E-state index contributed by atoms with van der Waals surface area (Å²) in [5.74, 6) is 0. The van der Waals surface area contributed by atoms with Gasteiger partial charge in [0.25, 0.3) is 0 Å². The zero-order chi connectivity index (χ0) is 16.9. The monoisotopic (exact) mass is 322 g/mol. The molecule has 2 aromatic heterocycles. The minimum Gasteiger partial charge on any atom is -0.344 e. The molecule has 24 heavy (non-hydrogen) atoms. The minimum absolute atomic E-state index is 0.265. The Labute approximate surface area is 141 Å². The van der Waals surface area contributed by atoms with Gasteiger partial charge in [0.1, 0.15) is 5.65 Å². The molecule has 5 heteroatoms. The highest BCUT2D eigenvalue weighted by molar-refractivity contribution is 6.05. The number of hydrogen-bond donors (Lipinski definition) is 3. The molecule has 0 radical (unpaired) electrons. The van der Waals surface area contributed by atoms with Gasteiger partial charge in [0.2, 0.25) is 0 Å². The van der Waals surface area contributed by atoms with E-state index in [9.17, 15) is 4.79 Å². The van der Waals surface area contributed by atoms with E-state index in [0.29, 0.717) is 0 Å². The van der Waals surface area contributed by atoms with Crippen molar-refractivity contribution in [3.05, 3.63) is 53.9 Å². The van der Waals surface area contributed by atoms with E-state index < -0.39 is 0 Å². The smallest absolute Gasteiger partial charge is 0.323 e. The van der Waals surface area contributed by atoms with Gasteiger partial charge in [-0.05, 0) is 49.1 Å². The molecular formula is C19H22N4O. The van der Waals surface area contributed by atoms with Crippen LogP contribution in [0.2, 0.25) is 0 Å². The molecule has 0 aliphatic carbocycles. The number of urea groups is 1. The minimum atomic E-state index is -0.265. The number of aryl methyl sites for hydroxylation is 2. The third kappa shape index (κ3) is 3.74. The Balaban J connectivity index is 1.65. The molecule has 0 spiro atoms. The molecular weight excluding hydrogens is 300 g/mol. The molecule has 3 rings (SSSR count). The van der Waals surface area contributed by atoms with Crippen LogP contribution in [0.15, 0.2) is 42.7 Å². The summed E-state index contributed by atoms with van der Waals surface area (Å²) in [5, 5.41) is 6.63. The lowest BCUT2D eigenvalue weighted by atomic mass is 10.1. The second-order valence-electron chi connectivity index (χ2n) is 5.99. The van der Waals surface area contributed by atoms with Crippen molar-refractivity contribution in [3.8, 4) is 0 Å². The zero-order valence-corrected chi connectivity index (χ0v) is 14.0. The molecule has 0 aliphatic rings. The van der Waals surface area contributed by atoms with Crippen LogP contribution < -0.4 is 10.6 Å². The number of amides is 2. The van der Waals surface area contributed by atoms with Crippen molar-refractivity contribution in [3.63, 3.8) is 0 Å². The maximum Gasteiger partial charge on any atom is 0.323 e. The average Bonchev–Trinajstić information content (AvgIpc) is 2.96. The van der Waals surface area contributed by atoms with E-state index in [1.54, 1.807) is 12.4 Å². The Morgan fingerprint density at radius 1 is 1.21 bits per heavy atom. The van der Waals surface area contributed by atoms with Crippen molar-refractivity contribution in [1.29, 1.82) is 0 Å². The van der Waals surface area contributed by atoms with E-state index in [1.165, 1.54) is 18.4 Å². The van der Waals surface area contributed by atoms with Crippen LogP contribution in [0.4, 0.5) is 16.2 Å². The number of H-pyrrole nitrogens is 1. The van der Waals surface area contributed by atoms with E-state index >= 15 is 0 Å². The molecule has 5 nitrogen and oxygen atoms in total. The molecule has 2 heterocycles. The van der Waals surface area contributed by atoms with Crippen LogP contribution in [0.5, 0.6) is 0 Å². The van der Waals surface area contributed by atoms with Crippen LogP contribution in [0.25, 0.3) is 11.0 Å². The summed E-state index contributed by atoms with van der Waals surface area (Å²) in [7, 11) is 0. The van der Waals surface area contributed by atoms with Crippen LogP contribution in [-0.4, -0.2) is 16.0 Å². The van der Waals surface area contributed by atoms with E-state index in [0.717, 1.165) is 34.4 Å². The number of nitrogens with zero attached hydrogens (tertiary/aromatic N) is 1. The third-order valence-corrected chi connectivity index (χ3v) is 3.95. The highest BCUT2D eigenvalue weighted by Crippen LogP contribution is 2.22. The van der Waals surface area contributed by atoms with Gasteiger partial charge in [0.15, 0.2) is 0 Å². The molecule has 0 atom stereocenters. The number of fused-ring (bicyclic) bond motifs is 1. The number of carbonyl (C=O) groups excluding carboxylic acids is 1. The van der Waals surface area contributed by atoms with Crippen molar-refractivity contribution < 1.29 is 4.79 Å². The molecule has 0 aliphatic heterocycles. The number of unbranched alkanes of at least 4 members (excludes halogenated alkanes) is 1. The summed E-state index contributed by atoms with van der Waals surface area (Å²) >= 11 is 0. The van der Waals surface area contributed by atoms with Crippen molar-refractivity contribution in [2.45, 2.75) is 33.1 Å². The maximum atomic E-state index is 12.2. The quantitative estimate of drug-likeness (QED) is 0.628. The van der Waals surface area contributed by atoms with Crippen LogP contribution in [0.1, 0.15) is 30.9 Å². The third-order valence-electron chi connectivity index (χ3n) is 3.95. The number of anilines is 2. The number of carbonyl (C=O) groups is 1. The Hall–Kier alpha value is -2.82. The first-order chi connectivity index (χ1) is 11.7. The summed E-state index contributed by atoms with van der Waals surface area (Å²) < 4.78 is 0. The Kier molecular flexibility index (Phi) is 4.79. The largest absolute Gasteiger partial charge is 0.344 e. The second-order valence-corrected chi connectivity index (χ2v) is 5.99. The summed E-state index contributed by atoms with van der Waals surface area (Å²) in [6.45, 7) is 4.16. The fourth-order valence-corrected chi connectivity index (χ4v) is 2.63. The van der Waals surface area contributed by atoms with E-state index in [2.05, 4.69) is 39.7 Å². The first-order valence-corrected chi connectivity index (χ1v) is 8.26. The summed E-state index contributed by atoms with van der Waals surface area (Å²) in [6, 6.07) is 9.72. The predicted molar refractivity (Wildman–Crippen MR) is 98.5 cm³/mol. The number of aromatic nitrogens is 2. The van der Waals surface area contributed by atoms with Gasteiger partial charge in [-0.15, -0.1) is 0 Å². The normalized spacial score (nSPS) is 10.8. The highest BCUT2D eigenvalue weighted by Gasteiger charge is 2.09. The van der Waals surface area contributed by atoms with E-state index in [1.807, 2.05) is 25.1 Å². The van der Waals surface area contributed by atoms with Gasteiger partial charge in [0.05, 0.1) is 5.69 Å². The summed E-state index contributed by atoms with van der Waals surface area (Å²) in [4.78, 5) is 19.6. The lowest BCUT2D eigenvalue weighted by Crippen LogP contribution is -2.19. The lowest BCUT2D eigenvalue weighted by Gasteiger charge is -2.08. The first-order valence-electron chi connectivity index (χ1n) is 8.26. The first kappa shape index (κ1) is 16.1. The van der Waals surface area contributed by atoms with Gasteiger partial charge in [-0.3, -0.25) is 0 Å². The Bertz CT molecular complexity index is 836. The van der Waals surface area contributed by atoms with Crippen LogP contribution >= 0.6 is 0 Å². The predicted octanol–water partition coefficient (Wildman–Crippen LogP) is 4.86. The number of aromatic amines is 1. The summed E-state index contributed by atoms with van der Waals surface area (Å²) in [5.41, 5.74) is 4.60. The molecule has 3 aromatic rings. The van der Waals surface area contributed by atoms with Crippen molar-refractivity contribution in [2.75, 3.05) is 10.6 Å². The highest BCUT2D eigenvalue weighted by atomic mass is 16.2. The standard InChI is InChI=1S/C19H22N4O/c1-3-4-5-14-6-8-15(9-7-14)22-19(24)23-17-12-21-18-16(17)10-13(2)11-20-18/h6-12H,3-5H2,1-2H3,(H,20,21)(H2,22,23,24). The molecule has 0 unspecified atom stereocenters. The van der Waals surface area contributed by atoms with Gasteiger partial charge in [-0.25, -0.2) is 9.78 Å². The Morgan fingerprint density at radius 2 is 2.00 bits per heavy atom. The fourth-order valence-electron chi connectivity index (χ4n) is 2.63. The van der Waals surface area contributed by atoms with Gasteiger partial charge in [-0.2, -0.15) is 0 Å². The summed E-state index contributed by atoms with van der Waals surface area (Å²) in [6.07, 6.45) is 6.99. The van der Waals surface area contributed by atoms with Gasteiger partial charge in [0, 0.05) is 23.5 Å². The van der Waals surface area contributed by atoms with E-state index in [4.69, 9.17) is 0 Å². The van der Waals surface area contributed by atoms with E-state index in [-0.39, 0.29) is 6.03 Å². The molecule has 3 N–H and O–H groups in total. The molecule has 2 amide bonds. The van der Waals surface area contributed by atoms with Crippen molar-refractivity contribution >= 4 is 28.4 Å². The number of hydrogen-bond acceptors (Lipinski definition) is 2. The van der Waals surface area contributed by atoms with Crippen LogP contribution in [-0.2, 0) is 6.42 Å². The zero-order valence-electron chi connectivity index (χ0n) is 14.0. The van der Waals surface area contributed by atoms with Crippen molar-refractivity contribution in [2.24, 2.45) is 0 Å². The molecule has 0 bridgehead atoms. The Morgan fingerprint density at radius 3 is 2.75 bits per heavy atom. The molecule has 0 saturated heterocycles. The number of nitrogens with one attached hydrogen (secondary N) is 3. The molecule has 0 saturated carbocycles. The second kappa shape index (κ2) is 7.17. The maximum absolute atomic E-state index is 12.2. The van der Waals surface area contributed by atoms with Gasteiger partial charge in [-0.1, -0.05) is 25.5 Å². The number of benzene rings is 1. The number of pyridine rings is 1. The lowest BCUT2D eigenvalue weighted by molar-refractivity contribution is 0.262.